The van der Waals surface area contributed by atoms with Gasteiger partial charge in [0.05, 0.1) is 26.4 Å². The van der Waals surface area contributed by atoms with Crippen molar-refractivity contribution in [2.24, 2.45) is 0 Å². The Labute approximate surface area is 595 Å². The van der Waals surface area contributed by atoms with E-state index in [4.69, 9.17) is 37.0 Å². The first-order chi connectivity index (χ1) is 47.7. The Morgan fingerprint density at radius 3 is 0.878 bits per heavy atom. The van der Waals surface area contributed by atoms with Gasteiger partial charge in [0.1, 0.15) is 19.3 Å². The van der Waals surface area contributed by atoms with Gasteiger partial charge in [-0.05, 0) is 141 Å². The van der Waals surface area contributed by atoms with Crippen LogP contribution in [0.5, 0.6) is 0 Å². The number of phosphoric acid groups is 2. The fourth-order valence-corrected chi connectivity index (χ4v) is 11.7. The fraction of sp³-hybridized carbons (Fsp3) is 0.747. The Morgan fingerprint density at radius 1 is 0.296 bits per heavy atom. The Morgan fingerprint density at radius 2 is 0.541 bits per heavy atom. The second-order valence-electron chi connectivity index (χ2n) is 25.6. The highest BCUT2D eigenvalue weighted by atomic mass is 31.2. The molecule has 5 unspecified atom stereocenters. The van der Waals surface area contributed by atoms with E-state index in [1.807, 2.05) is 0 Å². The molecule has 0 saturated heterocycles. The van der Waals surface area contributed by atoms with E-state index in [9.17, 15) is 43.2 Å². The van der Waals surface area contributed by atoms with Crippen molar-refractivity contribution in [3.8, 4) is 0 Å². The van der Waals surface area contributed by atoms with Crippen molar-refractivity contribution in [1.82, 2.24) is 0 Å². The number of aliphatic hydroxyl groups is 1. The lowest BCUT2D eigenvalue weighted by atomic mass is 10.1. The third-order valence-electron chi connectivity index (χ3n) is 16.0. The maximum Gasteiger partial charge on any atom is 0.472 e. The van der Waals surface area contributed by atoms with Crippen molar-refractivity contribution in [1.29, 1.82) is 0 Å². The van der Waals surface area contributed by atoms with E-state index < -0.39 is 97.5 Å². The molecule has 0 rings (SSSR count). The van der Waals surface area contributed by atoms with Crippen molar-refractivity contribution in [3.05, 3.63) is 97.2 Å². The first-order valence-electron chi connectivity index (χ1n) is 38.5. The van der Waals surface area contributed by atoms with E-state index in [1.165, 1.54) is 77.0 Å². The zero-order chi connectivity index (χ0) is 71.8. The number of carbonyl (C=O) groups is 4. The Hall–Kier alpha value is -4.02. The molecular weight excluding hydrogens is 1280 g/mol. The van der Waals surface area contributed by atoms with Crippen LogP contribution in [-0.4, -0.2) is 96.7 Å². The summed E-state index contributed by atoms with van der Waals surface area (Å²) in [7, 11) is -9.96. The minimum atomic E-state index is -4.98. The molecule has 17 nitrogen and oxygen atoms in total. The Balaban J connectivity index is 5.36. The van der Waals surface area contributed by atoms with Crippen LogP contribution in [0, 0.1) is 0 Å². The molecular formula is C79H138O17P2. The van der Waals surface area contributed by atoms with E-state index in [2.05, 4.69) is 125 Å². The number of allylic oxidation sites excluding steroid dienone is 16. The first kappa shape index (κ1) is 94.0. The van der Waals surface area contributed by atoms with Crippen molar-refractivity contribution in [2.45, 2.75) is 341 Å². The topological polar surface area (TPSA) is 237 Å². The summed E-state index contributed by atoms with van der Waals surface area (Å²) in [5.74, 6) is -2.23. The van der Waals surface area contributed by atoms with Gasteiger partial charge in [0.2, 0.25) is 0 Å². The number of aliphatic hydroxyl groups excluding tert-OH is 1. The van der Waals surface area contributed by atoms with Crippen molar-refractivity contribution in [2.75, 3.05) is 39.6 Å². The van der Waals surface area contributed by atoms with Gasteiger partial charge >= 0.3 is 39.5 Å². The highest BCUT2D eigenvalue weighted by Crippen LogP contribution is 2.45. The monoisotopic (exact) mass is 1420 g/mol. The lowest BCUT2D eigenvalue weighted by molar-refractivity contribution is -0.161. The van der Waals surface area contributed by atoms with Crippen LogP contribution in [0.2, 0.25) is 0 Å². The van der Waals surface area contributed by atoms with Crippen LogP contribution in [-0.2, 0) is 65.4 Å². The Kier molecular flexibility index (Phi) is 68.4. The van der Waals surface area contributed by atoms with E-state index in [0.29, 0.717) is 25.7 Å². The summed E-state index contributed by atoms with van der Waals surface area (Å²) < 4.78 is 68.4. The van der Waals surface area contributed by atoms with Gasteiger partial charge in [-0.15, -0.1) is 0 Å². The highest BCUT2D eigenvalue weighted by Gasteiger charge is 2.30. The summed E-state index contributed by atoms with van der Waals surface area (Å²) in [5.41, 5.74) is 0. The quantitative estimate of drug-likeness (QED) is 0.0169. The number of esters is 4. The predicted molar refractivity (Wildman–Crippen MR) is 399 cm³/mol. The number of hydrogen-bond donors (Lipinski definition) is 3. The summed E-state index contributed by atoms with van der Waals surface area (Å²) in [6.07, 6.45) is 74.0. The second-order valence-corrected chi connectivity index (χ2v) is 28.5. The van der Waals surface area contributed by atoms with Crippen LogP contribution >= 0.6 is 15.6 Å². The molecule has 19 heteroatoms. The third kappa shape index (κ3) is 70.4. The summed E-state index contributed by atoms with van der Waals surface area (Å²) in [5, 5.41) is 10.6. The lowest BCUT2D eigenvalue weighted by Gasteiger charge is -2.21. The highest BCUT2D eigenvalue weighted by molar-refractivity contribution is 7.47. The van der Waals surface area contributed by atoms with E-state index in [1.54, 1.807) is 0 Å². The van der Waals surface area contributed by atoms with Crippen LogP contribution in [0.1, 0.15) is 323 Å². The van der Waals surface area contributed by atoms with Gasteiger partial charge in [-0.25, -0.2) is 9.13 Å². The molecule has 0 aliphatic rings. The standard InChI is InChI=1S/C79H138O17P2/c1-5-9-13-17-21-25-29-32-34-35-36-37-39-41-45-48-52-56-60-64-77(82)90-70-75(96-79(84)66-62-58-54-50-46-42-38-33-30-26-22-18-14-10-6-2)72-94-98(87,88)92-68-73(80)67-91-97(85,86)93-71-74(95-78(83)65-61-57-53-49-43-28-24-20-16-12-8-4)69-89-76(81)63-59-55-51-47-44-40-31-27-23-19-15-11-7-3/h9,13,20-21,24-25,27,31-34,36-38,41,45,73-75,80H,5-8,10-12,14-19,22-23,26,28-30,35,39-40,42-44,46-72H2,1-4H3,(H,85,86)(H,87,88)/b13-9-,24-20-,25-21-,31-27-,34-32-,37-36-,38-33-,45-41-. The molecule has 0 aliphatic heterocycles. The number of carbonyl (C=O) groups excluding carboxylic acids is 4. The van der Waals surface area contributed by atoms with Gasteiger partial charge in [-0.2, -0.15) is 0 Å². The van der Waals surface area contributed by atoms with Crippen LogP contribution in [0.15, 0.2) is 97.2 Å². The molecule has 0 spiro atoms. The van der Waals surface area contributed by atoms with Crippen molar-refractivity contribution in [3.63, 3.8) is 0 Å². The molecule has 0 amide bonds. The van der Waals surface area contributed by atoms with Crippen LogP contribution in [0.25, 0.3) is 0 Å². The van der Waals surface area contributed by atoms with E-state index in [0.717, 1.165) is 167 Å². The smallest absolute Gasteiger partial charge is 0.462 e. The molecule has 0 aromatic heterocycles. The normalized spacial score (nSPS) is 14.5. The molecule has 0 aromatic carbocycles. The minimum Gasteiger partial charge on any atom is -0.462 e. The molecule has 98 heavy (non-hydrogen) atoms. The molecule has 0 bridgehead atoms. The van der Waals surface area contributed by atoms with Crippen molar-refractivity contribution >= 4 is 39.5 Å². The second kappa shape index (κ2) is 71.4. The zero-order valence-corrected chi connectivity index (χ0v) is 63.5. The summed E-state index contributed by atoms with van der Waals surface area (Å²) >= 11 is 0. The van der Waals surface area contributed by atoms with E-state index >= 15 is 0 Å². The van der Waals surface area contributed by atoms with Gasteiger partial charge in [0.25, 0.3) is 0 Å². The van der Waals surface area contributed by atoms with Gasteiger partial charge < -0.3 is 33.8 Å². The number of hydrogen-bond acceptors (Lipinski definition) is 15. The molecule has 0 aliphatic carbocycles. The summed E-state index contributed by atoms with van der Waals surface area (Å²) in [6.45, 7) is 4.65. The number of phosphoric ester groups is 2. The molecule has 0 fully saturated rings. The van der Waals surface area contributed by atoms with Gasteiger partial charge in [0, 0.05) is 25.7 Å². The van der Waals surface area contributed by atoms with Gasteiger partial charge in [0.15, 0.2) is 12.2 Å². The molecule has 566 valence electrons. The van der Waals surface area contributed by atoms with Crippen LogP contribution < -0.4 is 0 Å². The maximum atomic E-state index is 13.1. The average Bonchev–Trinajstić information content (AvgIpc) is 0.992. The molecule has 0 saturated carbocycles. The van der Waals surface area contributed by atoms with Gasteiger partial charge in [-0.3, -0.25) is 37.3 Å². The fourth-order valence-electron chi connectivity index (χ4n) is 10.1. The zero-order valence-electron chi connectivity index (χ0n) is 61.7. The van der Waals surface area contributed by atoms with Gasteiger partial charge in [-0.1, -0.05) is 253 Å². The molecule has 3 N–H and O–H groups in total. The first-order valence-corrected chi connectivity index (χ1v) is 41.5. The Bertz CT molecular complexity index is 2240. The van der Waals surface area contributed by atoms with Crippen molar-refractivity contribution < 1.29 is 80.2 Å². The lowest BCUT2D eigenvalue weighted by Crippen LogP contribution is -2.30. The summed E-state index contributed by atoms with van der Waals surface area (Å²) in [6, 6.07) is 0. The predicted octanol–water partition coefficient (Wildman–Crippen LogP) is 22.0. The largest absolute Gasteiger partial charge is 0.472 e. The number of ether oxygens (including phenoxy) is 4. The average molecular weight is 1420 g/mol. The maximum absolute atomic E-state index is 13.1. The number of rotatable bonds is 72. The molecule has 5 atom stereocenters. The molecule has 0 radical (unpaired) electrons. The minimum absolute atomic E-state index is 0.0773. The molecule has 0 aromatic rings. The van der Waals surface area contributed by atoms with E-state index in [-0.39, 0.29) is 25.7 Å². The van der Waals surface area contributed by atoms with Crippen LogP contribution in [0.4, 0.5) is 0 Å². The molecule has 0 heterocycles. The number of unbranched alkanes of at least 4 members (excludes halogenated alkanes) is 30. The van der Waals surface area contributed by atoms with Crippen LogP contribution in [0.3, 0.4) is 0 Å². The SMILES string of the molecule is CC/C=C\C/C=C\C/C=C\C/C=C\C/C=C\CCCCCC(=O)OCC(COP(=O)(O)OCC(O)COP(=O)(O)OCC(COC(=O)CCCCCCC/C=C\CCCCCC)OC(=O)CCCCCCC/C=C\CCCC)OC(=O)CCCCCCC/C=C\CCCCCCCC. The third-order valence-corrected chi connectivity index (χ3v) is 17.9. The summed E-state index contributed by atoms with van der Waals surface area (Å²) in [4.78, 5) is 72.8.